The Kier molecular flexibility index (Phi) is 5.08. The summed E-state index contributed by atoms with van der Waals surface area (Å²) in [7, 11) is 0. The first kappa shape index (κ1) is 16.4. The van der Waals surface area contributed by atoms with Crippen LogP contribution >= 0.6 is 0 Å². The van der Waals surface area contributed by atoms with Crippen LogP contribution in [-0.2, 0) is 6.54 Å². The van der Waals surface area contributed by atoms with Gasteiger partial charge in [-0.3, -0.25) is 9.78 Å². The molecular weight excluding hydrogens is 305 g/mol. The van der Waals surface area contributed by atoms with Gasteiger partial charge < -0.3 is 10.2 Å². The Labute approximate surface area is 141 Å². The number of halogens is 1. The lowest BCUT2D eigenvalue weighted by atomic mass is 10.00. The van der Waals surface area contributed by atoms with Gasteiger partial charge in [-0.1, -0.05) is 19.1 Å². The van der Waals surface area contributed by atoms with E-state index in [1.54, 1.807) is 24.5 Å². The average Bonchev–Trinajstić information content (AvgIpc) is 2.61. The Hall–Kier alpha value is -2.43. The van der Waals surface area contributed by atoms with Crippen LogP contribution in [0.2, 0.25) is 0 Å². The highest BCUT2D eigenvalue weighted by Gasteiger charge is 2.22. The number of likely N-dealkylation sites (tertiary alicyclic amines) is 1. The van der Waals surface area contributed by atoms with Gasteiger partial charge in [0.1, 0.15) is 5.82 Å². The normalized spacial score (nSPS) is 17.6. The van der Waals surface area contributed by atoms with Crippen molar-refractivity contribution in [2.24, 2.45) is 5.92 Å². The molecule has 1 N–H and O–H groups in total. The smallest absolute Gasteiger partial charge is 0.255 e. The van der Waals surface area contributed by atoms with E-state index in [0.717, 1.165) is 30.8 Å². The number of nitrogens with zero attached hydrogens (tertiary/aromatic N) is 2. The van der Waals surface area contributed by atoms with Crippen LogP contribution in [0.4, 0.5) is 10.1 Å². The van der Waals surface area contributed by atoms with Crippen molar-refractivity contribution in [1.29, 1.82) is 0 Å². The number of benzene rings is 1. The van der Waals surface area contributed by atoms with Gasteiger partial charge in [0.2, 0.25) is 0 Å². The molecule has 1 aliphatic rings. The number of piperidine rings is 1. The number of aromatic nitrogens is 1. The minimum absolute atomic E-state index is 0.0412. The van der Waals surface area contributed by atoms with Gasteiger partial charge in [-0.2, -0.15) is 0 Å². The van der Waals surface area contributed by atoms with Crippen LogP contribution < -0.4 is 5.32 Å². The maximum atomic E-state index is 12.9. The third-order valence-corrected chi connectivity index (χ3v) is 4.34. The molecule has 1 saturated heterocycles. The van der Waals surface area contributed by atoms with Crippen molar-refractivity contribution >= 4 is 11.6 Å². The minimum Gasteiger partial charge on any atom is -0.380 e. The van der Waals surface area contributed by atoms with Gasteiger partial charge in [0, 0.05) is 32.0 Å². The fourth-order valence-electron chi connectivity index (χ4n) is 3.02. The second-order valence-electron chi connectivity index (χ2n) is 6.44. The van der Waals surface area contributed by atoms with Crippen LogP contribution in [0.15, 0.2) is 42.7 Å². The van der Waals surface area contributed by atoms with Crippen molar-refractivity contribution in [2.45, 2.75) is 26.3 Å². The van der Waals surface area contributed by atoms with E-state index in [1.807, 2.05) is 11.0 Å². The molecule has 1 amide bonds. The molecule has 1 unspecified atom stereocenters. The molecule has 1 aromatic carbocycles. The lowest BCUT2D eigenvalue weighted by molar-refractivity contribution is 0.0682. The van der Waals surface area contributed by atoms with Gasteiger partial charge in [0.25, 0.3) is 5.91 Å². The summed E-state index contributed by atoms with van der Waals surface area (Å²) in [5, 5.41) is 3.23. The third kappa shape index (κ3) is 4.10. The molecule has 0 radical (unpaired) electrons. The SMILES string of the molecule is CC1CCCN(C(=O)c2cncc(NCc3ccc(F)cc3)c2)C1. The van der Waals surface area contributed by atoms with Gasteiger partial charge >= 0.3 is 0 Å². The topological polar surface area (TPSA) is 45.2 Å². The molecule has 1 atom stereocenters. The molecule has 126 valence electrons. The number of hydrogen-bond donors (Lipinski definition) is 1. The summed E-state index contributed by atoms with van der Waals surface area (Å²) >= 11 is 0. The maximum Gasteiger partial charge on any atom is 0.255 e. The van der Waals surface area contributed by atoms with E-state index in [4.69, 9.17) is 0 Å². The fraction of sp³-hybridized carbons (Fsp3) is 0.368. The predicted octanol–water partition coefficient (Wildman–Crippen LogP) is 3.70. The van der Waals surface area contributed by atoms with E-state index in [0.29, 0.717) is 18.0 Å². The second-order valence-corrected chi connectivity index (χ2v) is 6.44. The van der Waals surface area contributed by atoms with Crippen molar-refractivity contribution in [3.05, 3.63) is 59.7 Å². The van der Waals surface area contributed by atoms with Crippen LogP contribution in [0, 0.1) is 11.7 Å². The molecule has 1 aliphatic heterocycles. The molecule has 0 aliphatic carbocycles. The summed E-state index contributed by atoms with van der Waals surface area (Å²) in [6.45, 7) is 4.36. The summed E-state index contributed by atoms with van der Waals surface area (Å²) < 4.78 is 12.9. The molecular formula is C19H22FN3O. The molecule has 5 heteroatoms. The number of hydrogen-bond acceptors (Lipinski definition) is 3. The van der Waals surface area contributed by atoms with Crippen LogP contribution in [0.5, 0.6) is 0 Å². The zero-order chi connectivity index (χ0) is 16.9. The average molecular weight is 327 g/mol. The first-order valence-corrected chi connectivity index (χ1v) is 8.34. The Morgan fingerprint density at radius 3 is 2.88 bits per heavy atom. The lowest BCUT2D eigenvalue weighted by Gasteiger charge is -2.31. The molecule has 2 heterocycles. The number of carbonyl (C=O) groups excluding carboxylic acids is 1. The number of carbonyl (C=O) groups is 1. The number of pyridine rings is 1. The first-order valence-electron chi connectivity index (χ1n) is 8.34. The van der Waals surface area contributed by atoms with Gasteiger partial charge in [-0.25, -0.2) is 4.39 Å². The number of amides is 1. The van der Waals surface area contributed by atoms with Gasteiger partial charge in [0.15, 0.2) is 0 Å². The summed E-state index contributed by atoms with van der Waals surface area (Å²) in [5.74, 6) is 0.346. The molecule has 2 aromatic rings. The molecule has 24 heavy (non-hydrogen) atoms. The lowest BCUT2D eigenvalue weighted by Crippen LogP contribution is -2.39. The van der Waals surface area contributed by atoms with E-state index in [-0.39, 0.29) is 11.7 Å². The van der Waals surface area contributed by atoms with E-state index in [1.165, 1.54) is 18.6 Å². The van der Waals surface area contributed by atoms with Crippen molar-refractivity contribution < 1.29 is 9.18 Å². The Balaban J connectivity index is 1.65. The maximum absolute atomic E-state index is 12.9. The van der Waals surface area contributed by atoms with E-state index in [2.05, 4.69) is 17.2 Å². The predicted molar refractivity (Wildman–Crippen MR) is 92.3 cm³/mol. The number of anilines is 1. The van der Waals surface area contributed by atoms with E-state index < -0.39 is 0 Å². The fourth-order valence-corrected chi connectivity index (χ4v) is 3.02. The van der Waals surface area contributed by atoms with Crippen molar-refractivity contribution in [1.82, 2.24) is 9.88 Å². The van der Waals surface area contributed by atoms with E-state index >= 15 is 0 Å². The Morgan fingerprint density at radius 2 is 2.12 bits per heavy atom. The number of rotatable bonds is 4. The van der Waals surface area contributed by atoms with Gasteiger partial charge in [0.05, 0.1) is 11.3 Å². The largest absolute Gasteiger partial charge is 0.380 e. The summed E-state index contributed by atoms with van der Waals surface area (Å²) in [5.41, 5.74) is 2.36. The van der Waals surface area contributed by atoms with E-state index in [9.17, 15) is 9.18 Å². The van der Waals surface area contributed by atoms with Crippen LogP contribution in [0.3, 0.4) is 0 Å². The highest BCUT2D eigenvalue weighted by atomic mass is 19.1. The highest BCUT2D eigenvalue weighted by molar-refractivity contribution is 5.94. The Morgan fingerprint density at radius 1 is 1.33 bits per heavy atom. The minimum atomic E-state index is -0.247. The van der Waals surface area contributed by atoms with Crippen LogP contribution in [0.25, 0.3) is 0 Å². The molecule has 0 saturated carbocycles. The van der Waals surface area contributed by atoms with Crippen LogP contribution in [-0.4, -0.2) is 28.9 Å². The standard InChI is InChI=1S/C19H22FN3O/c1-14-3-2-8-23(13-14)19(24)16-9-18(12-21-11-16)22-10-15-4-6-17(20)7-5-15/h4-7,9,11-12,14,22H,2-3,8,10,13H2,1H3. The van der Waals surface area contributed by atoms with Crippen molar-refractivity contribution in [3.63, 3.8) is 0 Å². The summed E-state index contributed by atoms with van der Waals surface area (Å²) in [6.07, 6.45) is 5.55. The molecule has 1 aromatic heterocycles. The van der Waals surface area contributed by atoms with Crippen molar-refractivity contribution in [3.8, 4) is 0 Å². The first-order chi connectivity index (χ1) is 11.6. The zero-order valence-corrected chi connectivity index (χ0v) is 13.8. The molecule has 3 rings (SSSR count). The number of nitrogens with one attached hydrogen (secondary N) is 1. The summed E-state index contributed by atoms with van der Waals surface area (Å²) in [4.78, 5) is 18.7. The summed E-state index contributed by atoms with van der Waals surface area (Å²) in [6, 6.07) is 8.18. The van der Waals surface area contributed by atoms with Gasteiger partial charge in [-0.05, 0) is 42.5 Å². The third-order valence-electron chi connectivity index (χ3n) is 4.34. The highest BCUT2D eigenvalue weighted by Crippen LogP contribution is 2.19. The van der Waals surface area contributed by atoms with Crippen LogP contribution in [0.1, 0.15) is 35.7 Å². The zero-order valence-electron chi connectivity index (χ0n) is 13.8. The monoisotopic (exact) mass is 327 g/mol. The molecule has 0 spiro atoms. The molecule has 0 bridgehead atoms. The van der Waals surface area contributed by atoms with Crippen molar-refractivity contribution in [2.75, 3.05) is 18.4 Å². The Bertz CT molecular complexity index is 702. The molecule has 1 fully saturated rings. The quantitative estimate of drug-likeness (QED) is 0.931. The van der Waals surface area contributed by atoms with Gasteiger partial charge in [-0.15, -0.1) is 0 Å². The molecule has 4 nitrogen and oxygen atoms in total. The second kappa shape index (κ2) is 7.43.